The Morgan fingerprint density at radius 2 is 1.84 bits per heavy atom. The summed E-state index contributed by atoms with van der Waals surface area (Å²) in [5, 5.41) is 12.7. The monoisotopic (exact) mass is 450 g/mol. The standard InChI is InChI=1S/C26H30N2O3S/c1-16(2)21(24(30)31)15-23(29)26(3,4)32-25-27-13-14-28(25)22-12-11-18(17-9-10-17)19-7-5-6-8-20(19)22/h5-8,11-14,16-17,21H,9-10,15H2,1-4H3,(H,30,31). The van der Waals surface area contributed by atoms with E-state index in [4.69, 9.17) is 0 Å². The number of thioether (sulfide) groups is 1. The molecule has 6 heteroatoms. The summed E-state index contributed by atoms with van der Waals surface area (Å²) in [6.45, 7) is 7.39. The number of imidazole rings is 1. The second kappa shape index (κ2) is 8.74. The van der Waals surface area contributed by atoms with Crippen molar-refractivity contribution < 1.29 is 14.7 Å². The SMILES string of the molecule is CC(C)C(CC(=O)C(C)(C)Sc1nccn1-c1ccc(C2CC2)c2ccccc12)C(=O)O. The van der Waals surface area contributed by atoms with Crippen LogP contribution in [0.15, 0.2) is 53.9 Å². The van der Waals surface area contributed by atoms with E-state index in [1.807, 2.05) is 38.5 Å². The molecule has 1 heterocycles. The first-order chi connectivity index (χ1) is 15.2. The topological polar surface area (TPSA) is 72.2 Å². The Balaban J connectivity index is 1.64. The highest BCUT2D eigenvalue weighted by atomic mass is 32.2. The van der Waals surface area contributed by atoms with Crippen LogP contribution in [0.25, 0.3) is 16.5 Å². The molecule has 0 aliphatic heterocycles. The third kappa shape index (κ3) is 4.46. The maximum Gasteiger partial charge on any atom is 0.307 e. The Morgan fingerprint density at radius 3 is 2.47 bits per heavy atom. The molecule has 1 aliphatic carbocycles. The summed E-state index contributed by atoms with van der Waals surface area (Å²) in [4.78, 5) is 29.2. The van der Waals surface area contributed by atoms with Crippen LogP contribution in [-0.4, -0.2) is 31.2 Å². The van der Waals surface area contributed by atoms with Crippen LogP contribution in [0.5, 0.6) is 0 Å². The van der Waals surface area contributed by atoms with Gasteiger partial charge in [-0.2, -0.15) is 0 Å². The van der Waals surface area contributed by atoms with Crippen molar-refractivity contribution in [2.75, 3.05) is 0 Å². The number of carbonyl (C=O) groups is 2. The van der Waals surface area contributed by atoms with Crippen molar-refractivity contribution in [1.82, 2.24) is 9.55 Å². The van der Waals surface area contributed by atoms with E-state index in [9.17, 15) is 14.7 Å². The van der Waals surface area contributed by atoms with Gasteiger partial charge >= 0.3 is 5.97 Å². The normalized spacial score (nSPS) is 15.3. The van der Waals surface area contributed by atoms with Crippen molar-refractivity contribution in [3.05, 3.63) is 54.4 Å². The Bertz CT molecular complexity index is 1160. The van der Waals surface area contributed by atoms with E-state index in [2.05, 4.69) is 41.4 Å². The molecular weight excluding hydrogens is 420 g/mol. The van der Waals surface area contributed by atoms with Gasteiger partial charge in [0, 0.05) is 24.2 Å². The predicted molar refractivity (Wildman–Crippen MR) is 129 cm³/mol. The molecule has 1 saturated carbocycles. The number of hydrogen-bond acceptors (Lipinski definition) is 4. The van der Waals surface area contributed by atoms with E-state index in [0.29, 0.717) is 5.92 Å². The average Bonchev–Trinajstić information content (AvgIpc) is 3.49. The van der Waals surface area contributed by atoms with E-state index < -0.39 is 16.6 Å². The number of nitrogens with zero attached hydrogens (tertiary/aromatic N) is 2. The molecule has 5 nitrogen and oxygen atoms in total. The second-order valence-corrected chi connectivity index (χ2v) is 11.1. The largest absolute Gasteiger partial charge is 0.481 e. The first-order valence-corrected chi connectivity index (χ1v) is 12.0. The van der Waals surface area contributed by atoms with Gasteiger partial charge in [-0.15, -0.1) is 0 Å². The molecule has 32 heavy (non-hydrogen) atoms. The third-order valence-corrected chi connectivity index (χ3v) is 7.59. The van der Waals surface area contributed by atoms with Crippen molar-refractivity contribution in [2.24, 2.45) is 11.8 Å². The number of ketones is 1. The highest BCUT2D eigenvalue weighted by Gasteiger charge is 2.35. The minimum Gasteiger partial charge on any atom is -0.481 e. The highest BCUT2D eigenvalue weighted by Crippen LogP contribution is 2.44. The lowest BCUT2D eigenvalue weighted by molar-refractivity contribution is -0.145. The van der Waals surface area contributed by atoms with E-state index in [0.717, 1.165) is 10.8 Å². The van der Waals surface area contributed by atoms with Crippen molar-refractivity contribution in [1.29, 1.82) is 0 Å². The highest BCUT2D eigenvalue weighted by molar-refractivity contribution is 8.01. The third-order valence-electron chi connectivity index (χ3n) is 6.36. The summed E-state index contributed by atoms with van der Waals surface area (Å²) in [5.41, 5.74) is 2.45. The first-order valence-electron chi connectivity index (χ1n) is 11.2. The van der Waals surface area contributed by atoms with E-state index in [-0.39, 0.29) is 18.1 Å². The number of carboxylic acid groups (broad SMARTS) is 1. The molecule has 1 aliphatic rings. The summed E-state index contributed by atoms with van der Waals surface area (Å²) in [6.07, 6.45) is 6.20. The van der Waals surface area contributed by atoms with E-state index in [1.165, 1.54) is 40.9 Å². The lowest BCUT2D eigenvalue weighted by atomic mass is 9.88. The van der Waals surface area contributed by atoms with Gasteiger partial charge in [-0.05, 0) is 55.5 Å². The number of benzene rings is 2. The van der Waals surface area contributed by atoms with Crippen LogP contribution in [0.4, 0.5) is 0 Å². The van der Waals surface area contributed by atoms with Gasteiger partial charge in [0.25, 0.3) is 0 Å². The molecular formula is C26H30N2O3S. The lowest BCUT2D eigenvalue weighted by Gasteiger charge is -2.25. The molecule has 1 unspecified atom stereocenters. The Morgan fingerprint density at radius 1 is 1.16 bits per heavy atom. The molecule has 0 radical (unpaired) electrons. The molecule has 0 saturated heterocycles. The molecule has 1 N–H and O–H groups in total. The van der Waals surface area contributed by atoms with Crippen LogP contribution in [-0.2, 0) is 9.59 Å². The Kier molecular flexibility index (Phi) is 6.17. The van der Waals surface area contributed by atoms with Crippen LogP contribution in [0.3, 0.4) is 0 Å². The number of carboxylic acids is 1. The van der Waals surface area contributed by atoms with Gasteiger partial charge in [0.2, 0.25) is 0 Å². The molecule has 0 bridgehead atoms. The fourth-order valence-electron chi connectivity index (χ4n) is 4.15. The summed E-state index contributed by atoms with van der Waals surface area (Å²) in [6, 6.07) is 12.8. The molecule has 2 aromatic carbocycles. The Labute approximate surface area is 193 Å². The van der Waals surface area contributed by atoms with Crippen molar-refractivity contribution in [3.8, 4) is 5.69 Å². The van der Waals surface area contributed by atoms with Crippen LogP contribution < -0.4 is 0 Å². The molecule has 1 fully saturated rings. The molecule has 0 spiro atoms. The van der Waals surface area contributed by atoms with Gasteiger partial charge in [0.05, 0.1) is 16.4 Å². The Hall–Kier alpha value is -2.60. The van der Waals surface area contributed by atoms with E-state index >= 15 is 0 Å². The van der Waals surface area contributed by atoms with E-state index in [1.54, 1.807) is 6.20 Å². The molecule has 1 aromatic heterocycles. The van der Waals surface area contributed by atoms with Crippen LogP contribution >= 0.6 is 11.8 Å². The minimum atomic E-state index is -0.919. The molecule has 168 valence electrons. The first kappa shape index (κ1) is 22.6. The number of aliphatic carboxylic acids is 1. The minimum absolute atomic E-state index is 0.0206. The molecule has 4 rings (SSSR count). The zero-order valence-electron chi connectivity index (χ0n) is 19.0. The molecule has 0 amide bonds. The van der Waals surface area contributed by atoms with Gasteiger partial charge in [0.1, 0.15) is 5.78 Å². The maximum absolute atomic E-state index is 13.1. The van der Waals surface area contributed by atoms with Crippen molar-refractivity contribution >= 4 is 34.3 Å². The maximum atomic E-state index is 13.1. The summed E-state index contributed by atoms with van der Waals surface area (Å²) in [5.74, 6) is -1.12. The lowest BCUT2D eigenvalue weighted by Crippen LogP contribution is -2.33. The summed E-state index contributed by atoms with van der Waals surface area (Å²) < 4.78 is 1.24. The van der Waals surface area contributed by atoms with Gasteiger partial charge in [-0.1, -0.05) is 55.9 Å². The zero-order valence-corrected chi connectivity index (χ0v) is 19.9. The average molecular weight is 451 g/mol. The number of fused-ring (bicyclic) bond motifs is 1. The summed E-state index contributed by atoms with van der Waals surface area (Å²) in [7, 11) is 0. The zero-order chi connectivity index (χ0) is 23.0. The van der Waals surface area contributed by atoms with Gasteiger partial charge in [-0.3, -0.25) is 14.2 Å². The van der Waals surface area contributed by atoms with Gasteiger partial charge in [0.15, 0.2) is 5.16 Å². The summed E-state index contributed by atoms with van der Waals surface area (Å²) >= 11 is 1.39. The number of Topliss-reactive ketones (excluding diaryl/α,β-unsaturated/α-hetero) is 1. The fraction of sp³-hybridized carbons (Fsp3) is 0.423. The smallest absolute Gasteiger partial charge is 0.307 e. The molecule has 1 atom stereocenters. The second-order valence-electron chi connectivity index (χ2n) is 9.50. The number of hydrogen-bond donors (Lipinski definition) is 1. The fourth-order valence-corrected chi connectivity index (χ4v) is 5.18. The molecule has 3 aromatic rings. The van der Waals surface area contributed by atoms with Crippen molar-refractivity contribution in [3.63, 3.8) is 0 Å². The van der Waals surface area contributed by atoms with Gasteiger partial charge < -0.3 is 5.11 Å². The van der Waals surface area contributed by atoms with Crippen LogP contribution in [0.2, 0.25) is 0 Å². The number of carbonyl (C=O) groups excluding carboxylic acids is 1. The van der Waals surface area contributed by atoms with Crippen LogP contribution in [0, 0.1) is 11.8 Å². The van der Waals surface area contributed by atoms with Crippen molar-refractivity contribution in [2.45, 2.75) is 62.8 Å². The van der Waals surface area contributed by atoms with Crippen LogP contribution in [0.1, 0.15) is 58.4 Å². The number of aromatic nitrogens is 2. The predicted octanol–water partition coefficient (Wildman–Crippen LogP) is 6.09. The quantitative estimate of drug-likeness (QED) is 0.399. The van der Waals surface area contributed by atoms with Gasteiger partial charge in [-0.25, -0.2) is 4.98 Å². The number of rotatable bonds is 9.